The van der Waals surface area contributed by atoms with E-state index in [0.717, 1.165) is 13.1 Å². The molecule has 1 rings (SSSR count). The second-order valence-electron chi connectivity index (χ2n) is 3.09. The van der Waals surface area contributed by atoms with E-state index in [9.17, 15) is 0 Å². The largest absolute Gasteiger partial charge is 0.383 e. The molecule has 1 heterocycles. The van der Waals surface area contributed by atoms with Crippen molar-refractivity contribution in [3.63, 3.8) is 0 Å². The lowest BCUT2D eigenvalue weighted by Gasteiger charge is -2.10. The van der Waals surface area contributed by atoms with Crippen LogP contribution >= 0.6 is 0 Å². The first kappa shape index (κ1) is 9.55. The van der Waals surface area contributed by atoms with Crippen LogP contribution in [-0.4, -0.2) is 35.1 Å². The van der Waals surface area contributed by atoms with Crippen LogP contribution in [0.1, 0.15) is 5.69 Å². The summed E-state index contributed by atoms with van der Waals surface area (Å²) in [6.07, 6.45) is 1.59. The van der Waals surface area contributed by atoms with Crippen LogP contribution in [0.4, 0.5) is 5.82 Å². The minimum absolute atomic E-state index is 0.304. The van der Waals surface area contributed by atoms with Gasteiger partial charge in [0.2, 0.25) is 0 Å². The normalized spacial score (nSPS) is 10.3. The fourth-order valence-electron chi connectivity index (χ4n) is 0.964. The minimum Gasteiger partial charge on any atom is -0.383 e. The van der Waals surface area contributed by atoms with Crippen molar-refractivity contribution in [3.8, 4) is 6.07 Å². The van der Waals surface area contributed by atoms with Crippen LogP contribution in [0.3, 0.4) is 0 Å². The standard InChI is InChI=1S/C8H13N5/c1-12(2)3-4-13-6-11-7(5-9)8(13)10/h6H,3-4,10H2,1-2H3. The maximum atomic E-state index is 8.59. The van der Waals surface area contributed by atoms with Crippen molar-refractivity contribution in [1.82, 2.24) is 14.5 Å². The van der Waals surface area contributed by atoms with Gasteiger partial charge >= 0.3 is 0 Å². The molecule has 0 bridgehead atoms. The maximum absolute atomic E-state index is 8.59. The second kappa shape index (κ2) is 3.92. The molecule has 0 atom stereocenters. The number of nitrogens with two attached hydrogens (primary N) is 1. The first-order valence-electron chi connectivity index (χ1n) is 4.00. The molecule has 0 aromatic carbocycles. The fourth-order valence-corrected chi connectivity index (χ4v) is 0.964. The Hall–Kier alpha value is -1.54. The molecule has 5 nitrogen and oxygen atoms in total. The Labute approximate surface area is 77.4 Å². The van der Waals surface area contributed by atoms with Gasteiger partial charge in [0, 0.05) is 13.1 Å². The van der Waals surface area contributed by atoms with Gasteiger partial charge in [0.15, 0.2) is 5.69 Å². The summed E-state index contributed by atoms with van der Waals surface area (Å²) in [4.78, 5) is 5.92. The molecule has 70 valence electrons. The topological polar surface area (TPSA) is 70.9 Å². The maximum Gasteiger partial charge on any atom is 0.182 e. The monoisotopic (exact) mass is 179 g/mol. The molecule has 2 N–H and O–H groups in total. The summed E-state index contributed by atoms with van der Waals surface area (Å²) in [5.41, 5.74) is 5.96. The highest BCUT2D eigenvalue weighted by atomic mass is 15.2. The van der Waals surface area contributed by atoms with Crippen molar-refractivity contribution >= 4 is 5.82 Å². The van der Waals surface area contributed by atoms with Crippen molar-refractivity contribution in [1.29, 1.82) is 5.26 Å². The molecule has 1 aromatic rings. The Morgan fingerprint density at radius 2 is 2.38 bits per heavy atom. The Balaban J connectivity index is 2.69. The van der Waals surface area contributed by atoms with Crippen molar-refractivity contribution in [2.45, 2.75) is 6.54 Å². The summed E-state index contributed by atoms with van der Waals surface area (Å²) in [6, 6.07) is 1.93. The molecule has 1 aromatic heterocycles. The summed E-state index contributed by atoms with van der Waals surface area (Å²) >= 11 is 0. The molecule has 13 heavy (non-hydrogen) atoms. The van der Waals surface area contributed by atoms with E-state index >= 15 is 0 Å². The van der Waals surface area contributed by atoms with Crippen LogP contribution in [-0.2, 0) is 6.54 Å². The highest BCUT2D eigenvalue weighted by molar-refractivity contribution is 5.44. The van der Waals surface area contributed by atoms with Gasteiger partial charge in [-0.1, -0.05) is 0 Å². The van der Waals surface area contributed by atoms with Gasteiger partial charge in [-0.05, 0) is 14.1 Å². The molecule has 5 heteroatoms. The molecular formula is C8H13N5. The lowest BCUT2D eigenvalue weighted by atomic mass is 10.4. The number of nitriles is 1. The van der Waals surface area contributed by atoms with Gasteiger partial charge in [-0.2, -0.15) is 5.26 Å². The van der Waals surface area contributed by atoms with Crippen LogP contribution in [0.15, 0.2) is 6.33 Å². The van der Waals surface area contributed by atoms with E-state index in [-0.39, 0.29) is 0 Å². The van der Waals surface area contributed by atoms with E-state index in [1.165, 1.54) is 0 Å². The predicted octanol–water partition coefficient (Wildman–Crippen LogP) is -0.101. The van der Waals surface area contributed by atoms with E-state index in [1.807, 2.05) is 25.1 Å². The van der Waals surface area contributed by atoms with Gasteiger partial charge in [0.25, 0.3) is 0 Å². The quantitative estimate of drug-likeness (QED) is 0.703. The number of imidazole rings is 1. The minimum atomic E-state index is 0.304. The number of hydrogen-bond acceptors (Lipinski definition) is 4. The number of nitrogens with zero attached hydrogens (tertiary/aromatic N) is 4. The average molecular weight is 179 g/mol. The summed E-state index contributed by atoms with van der Waals surface area (Å²) in [5, 5.41) is 8.59. The fraction of sp³-hybridized carbons (Fsp3) is 0.500. The van der Waals surface area contributed by atoms with Gasteiger partial charge in [0.1, 0.15) is 11.9 Å². The summed E-state index contributed by atoms with van der Waals surface area (Å²) in [7, 11) is 3.97. The smallest absolute Gasteiger partial charge is 0.182 e. The number of aromatic nitrogens is 2. The zero-order chi connectivity index (χ0) is 9.84. The highest BCUT2D eigenvalue weighted by Crippen LogP contribution is 2.07. The van der Waals surface area contributed by atoms with Crippen LogP contribution in [0.5, 0.6) is 0 Å². The molecule has 0 aliphatic rings. The van der Waals surface area contributed by atoms with Crippen molar-refractivity contribution in [3.05, 3.63) is 12.0 Å². The van der Waals surface area contributed by atoms with E-state index in [1.54, 1.807) is 10.9 Å². The number of anilines is 1. The molecule has 0 unspecified atom stereocenters. The van der Waals surface area contributed by atoms with E-state index in [0.29, 0.717) is 11.5 Å². The van der Waals surface area contributed by atoms with Gasteiger partial charge in [0.05, 0.1) is 6.33 Å². The molecule has 0 saturated carbocycles. The molecule has 0 saturated heterocycles. The van der Waals surface area contributed by atoms with Crippen LogP contribution in [0, 0.1) is 11.3 Å². The second-order valence-corrected chi connectivity index (χ2v) is 3.09. The van der Waals surface area contributed by atoms with E-state index in [2.05, 4.69) is 4.98 Å². The van der Waals surface area contributed by atoms with Gasteiger partial charge < -0.3 is 15.2 Å². The van der Waals surface area contributed by atoms with E-state index < -0.39 is 0 Å². The number of hydrogen-bond donors (Lipinski definition) is 1. The van der Waals surface area contributed by atoms with Gasteiger partial charge in [-0.25, -0.2) is 4.98 Å². The zero-order valence-electron chi connectivity index (χ0n) is 7.86. The van der Waals surface area contributed by atoms with Crippen LogP contribution in [0.25, 0.3) is 0 Å². The summed E-state index contributed by atoms with van der Waals surface area (Å²) in [6.45, 7) is 1.64. The highest BCUT2D eigenvalue weighted by Gasteiger charge is 2.05. The van der Waals surface area contributed by atoms with Gasteiger partial charge in [-0.3, -0.25) is 0 Å². The Morgan fingerprint density at radius 3 is 2.85 bits per heavy atom. The summed E-state index contributed by atoms with van der Waals surface area (Å²) in [5.74, 6) is 0.448. The Kier molecular flexibility index (Phi) is 2.88. The molecule has 0 spiro atoms. The third-order valence-corrected chi connectivity index (χ3v) is 1.77. The molecule has 0 aliphatic carbocycles. The van der Waals surface area contributed by atoms with Gasteiger partial charge in [-0.15, -0.1) is 0 Å². The third-order valence-electron chi connectivity index (χ3n) is 1.77. The molecule has 0 fully saturated rings. The molecule has 0 radical (unpaired) electrons. The Morgan fingerprint density at radius 1 is 1.69 bits per heavy atom. The summed E-state index contributed by atoms with van der Waals surface area (Å²) < 4.78 is 1.78. The van der Waals surface area contributed by atoms with E-state index in [4.69, 9.17) is 11.0 Å². The first-order valence-corrected chi connectivity index (χ1v) is 4.00. The van der Waals surface area contributed by atoms with Crippen molar-refractivity contribution in [2.75, 3.05) is 26.4 Å². The number of likely N-dealkylation sites (N-methyl/N-ethyl adjacent to an activating group) is 1. The SMILES string of the molecule is CN(C)CCn1cnc(C#N)c1N. The van der Waals surface area contributed by atoms with Crippen molar-refractivity contribution < 1.29 is 0 Å². The third kappa shape index (κ3) is 2.20. The molecule has 0 aliphatic heterocycles. The van der Waals surface area contributed by atoms with Crippen LogP contribution < -0.4 is 5.73 Å². The Bertz CT molecular complexity index is 320. The molecular weight excluding hydrogens is 166 g/mol. The average Bonchev–Trinajstić information content (AvgIpc) is 2.43. The lowest BCUT2D eigenvalue weighted by molar-refractivity contribution is 0.385. The predicted molar refractivity (Wildman–Crippen MR) is 49.9 cm³/mol. The van der Waals surface area contributed by atoms with Crippen molar-refractivity contribution in [2.24, 2.45) is 0 Å². The molecule has 0 amide bonds. The number of nitrogen functional groups attached to an aromatic ring is 1. The van der Waals surface area contributed by atoms with Crippen LogP contribution in [0.2, 0.25) is 0 Å². The zero-order valence-corrected chi connectivity index (χ0v) is 7.86. The first-order chi connectivity index (χ1) is 6.15. The lowest BCUT2D eigenvalue weighted by Crippen LogP contribution is -2.18. The number of rotatable bonds is 3.